The molecule has 4 rings (SSSR count). The van der Waals surface area contributed by atoms with Gasteiger partial charge in [0, 0.05) is 24.7 Å². The second kappa shape index (κ2) is 7.50. The van der Waals surface area contributed by atoms with Gasteiger partial charge in [-0.25, -0.2) is 18.5 Å². The molecule has 1 fully saturated rings. The number of benzene rings is 2. The minimum atomic E-state index is -3.73. The molecule has 2 heterocycles. The average Bonchev–Trinajstić information content (AvgIpc) is 3.12. The summed E-state index contributed by atoms with van der Waals surface area (Å²) in [5.41, 5.74) is 1.57. The van der Waals surface area contributed by atoms with Crippen LogP contribution in [0.5, 0.6) is 0 Å². The van der Waals surface area contributed by atoms with Gasteiger partial charge in [0.1, 0.15) is 0 Å². The van der Waals surface area contributed by atoms with Crippen LogP contribution in [-0.2, 0) is 14.8 Å². The minimum absolute atomic E-state index is 0.0228. The number of amides is 1. The molecule has 0 aliphatic carbocycles. The van der Waals surface area contributed by atoms with Gasteiger partial charge >= 0.3 is 0 Å². The number of nitrogens with zero attached hydrogens (tertiary/aromatic N) is 2. The van der Waals surface area contributed by atoms with E-state index in [2.05, 4.69) is 21.3 Å². The Bertz CT molecular complexity index is 1070. The van der Waals surface area contributed by atoms with Gasteiger partial charge in [-0.05, 0) is 49.2 Å². The first-order valence-electron chi connectivity index (χ1n) is 8.94. The van der Waals surface area contributed by atoms with Gasteiger partial charge in [-0.3, -0.25) is 4.79 Å². The summed E-state index contributed by atoms with van der Waals surface area (Å²) in [7, 11) is -3.73. The molecule has 3 aromatic rings. The van der Waals surface area contributed by atoms with Crippen molar-refractivity contribution < 1.29 is 13.2 Å². The van der Waals surface area contributed by atoms with Crippen LogP contribution >= 0.6 is 11.3 Å². The molecule has 1 aromatic heterocycles. The minimum Gasteiger partial charge on any atom is -0.348 e. The van der Waals surface area contributed by atoms with E-state index in [4.69, 9.17) is 5.14 Å². The van der Waals surface area contributed by atoms with Crippen molar-refractivity contribution in [1.82, 2.24) is 4.98 Å². The molecule has 7 nitrogen and oxygen atoms in total. The third kappa shape index (κ3) is 4.01. The van der Waals surface area contributed by atoms with Crippen molar-refractivity contribution in [2.45, 2.75) is 17.7 Å². The van der Waals surface area contributed by atoms with E-state index >= 15 is 0 Å². The molecular weight excluding hydrogens is 396 g/mol. The summed E-state index contributed by atoms with van der Waals surface area (Å²) in [6.07, 6.45) is 1.49. The monoisotopic (exact) mass is 416 g/mol. The Morgan fingerprint density at radius 3 is 2.43 bits per heavy atom. The zero-order chi connectivity index (χ0) is 19.7. The summed E-state index contributed by atoms with van der Waals surface area (Å²) in [4.78, 5) is 19.5. The van der Waals surface area contributed by atoms with Crippen LogP contribution in [-0.4, -0.2) is 32.4 Å². The summed E-state index contributed by atoms with van der Waals surface area (Å²) >= 11 is 1.67. The summed E-state index contributed by atoms with van der Waals surface area (Å²) in [5.74, 6) is -0.129. The molecular formula is C19H20N4O3S2. The number of para-hydroxylation sites is 1. The van der Waals surface area contributed by atoms with Crippen LogP contribution in [0.25, 0.3) is 10.2 Å². The fourth-order valence-corrected chi connectivity index (χ4v) is 4.83. The Morgan fingerprint density at radius 1 is 1.11 bits per heavy atom. The number of nitrogens with one attached hydrogen (secondary N) is 1. The molecule has 0 saturated carbocycles. The van der Waals surface area contributed by atoms with Gasteiger partial charge in [-0.2, -0.15) is 0 Å². The Labute approximate surface area is 167 Å². The highest BCUT2D eigenvalue weighted by molar-refractivity contribution is 7.89. The lowest BCUT2D eigenvalue weighted by Gasteiger charge is -2.31. The van der Waals surface area contributed by atoms with Crippen molar-refractivity contribution in [2.24, 2.45) is 11.1 Å². The van der Waals surface area contributed by atoms with Crippen LogP contribution in [0.3, 0.4) is 0 Å². The topological polar surface area (TPSA) is 105 Å². The highest BCUT2D eigenvalue weighted by Gasteiger charge is 2.26. The van der Waals surface area contributed by atoms with E-state index in [0.29, 0.717) is 5.69 Å². The molecule has 9 heteroatoms. The third-order valence-corrected chi connectivity index (χ3v) is 6.90. The van der Waals surface area contributed by atoms with Gasteiger partial charge in [0.25, 0.3) is 0 Å². The maximum absolute atomic E-state index is 12.5. The first-order valence-corrected chi connectivity index (χ1v) is 11.3. The summed E-state index contributed by atoms with van der Waals surface area (Å²) in [6, 6.07) is 14.0. The van der Waals surface area contributed by atoms with Gasteiger partial charge < -0.3 is 10.2 Å². The molecule has 3 N–H and O–H groups in total. The largest absolute Gasteiger partial charge is 0.348 e. The Hall–Kier alpha value is -2.49. The molecule has 1 saturated heterocycles. The number of aromatic nitrogens is 1. The fourth-order valence-electron chi connectivity index (χ4n) is 3.30. The quantitative estimate of drug-likeness (QED) is 0.680. The van der Waals surface area contributed by atoms with Crippen LogP contribution in [0.15, 0.2) is 53.4 Å². The lowest BCUT2D eigenvalue weighted by Crippen LogP contribution is -2.38. The molecule has 0 radical (unpaired) electrons. The molecule has 1 aliphatic rings. The lowest BCUT2D eigenvalue weighted by atomic mass is 9.96. The molecule has 1 amide bonds. The SMILES string of the molecule is NS(=O)(=O)c1ccc(NC(=O)C2CCN(c3nc4ccccc4s3)CC2)cc1. The number of piperidine rings is 1. The normalized spacial score (nSPS) is 15.7. The highest BCUT2D eigenvalue weighted by Crippen LogP contribution is 2.31. The molecule has 0 atom stereocenters. The Balaban J connectivity index is 1.36. The fraction of sp³-hybridized carbons (Fsp3) is 0.263. The Morgan fingerprint density at radius 2 is 1.79 bits per heavy atom. The number of anilines is 2. The molecule has 28 heavy (non-hydrogen) atoms. The first kappa shape index (κ1) is 18.9. The molecule has 0 unspecified atom stereocenters. The van der Waals surface area contributed by atoms with Gasteiger partial charge in [0.15, 0.2) is 5.13 Å². The average molecular weight is 417 g/mol. The maximum Gasteiger partial charge on any atom is 0.238 e. The van der Waals surface area contributed by atoms with E-state index in [0.717, 1.165) is 36.6 Å². The predicted octanol–water partition coefficient (Wildman–Crippen LogP) is 2.80. The molecule has 0 spiro atoms. The number of primary sulfonamides is 1. The molecule has 1 aliphatic heterocycles. The number of carbonyl (C=O) groups excluding carboxylic acids is 1. The maximum atomic E-state index is 12.5. The van der Waals surface area contributed by atoms with E-state index < -0.39 is 10.0 Å². The second-order valence-corrected chi connectivity index (χ2v) is 9.35. The van der Waals surface area contributed by atoms with Crippen molar-refractivity contribution >= 4 is 48.3 Å². The second-order valence-electron chi connectivity index (χ2n) is 6.78. The van der Waals surface area contributed by atoms with Gasteiger partial charge in [0.05, 0.1) is 15.1 Å². The van der Waals surface area contributed by atoms with Gasteiger partial charge in [-0.15, -0.1) is 0 Å². The number of hydrogen-bond acceptors (Lipinski definition) is 6. The number of fused-ring (bicyclic) bond motifs is 1. The zero-order valence-electron chi connectivity index (χ0n) is 15.0. The van der Waals surface area contributed by atoms with E-state index in [1.54, 1.807) is 23.5 Å². The van der Waals surface area contributed by atoms with E-state index in [1.807, 2.05) is 18.2 Å². The number of rotatable bonds is 4. The van der Waals surface area contributed by atoms with Crippen LogP contribution in [0.2, 0.25) is 0 Å². The summed E-state index contributed by atoms with van der Waals surface area (Å²) < 4.78 is 23.8. The first-order chi connectivity index (χ1) is 13.4. The van der Waals surface area contributed by atoms with Crippen LogP contribution in [0.4, 0.5) is 10.8 Å². The van der Waals surface area contributed by atoms with Crippen LogP contribution in [0.1, 0.15) is 12.8 Å². The Kier molecular flexibility index (Phi) is 5.05. The number of carbonyl (C=O) groups is 1. The summed E-state index contributed by atoms with van der Waals surface area (Å²) in [5, 5.41) is 8.95. The van der Waals surface area contributed by atoms with Crippen molar-refractivity contribution in [3.63, 3.8) is 0 Å². The summed E-state index contributed by atoms with van der Waals surface area (Å²) in [6.45, 7) is 1.56. The lowest BCUT2D eigenvalue weighted by molar-refractivity contribution is -0.120. The predicted molar refractivity (Wildman–Crippen MR) is 111 cm³/mol. The van der Waals surface area contributed by atoms with Gasteiger partial charge in [-0.1, -0.05) is 23.5 Å². The van der Waals surface area contributed by atoms with Crippen molar-refractivity contribution in [2.75, 3.05) is 23.3 Å². The number of hydrogen-bond donors (Lipinski definition) is 2. The third-order valence-electron chi connectivity index (χ3n) is 4.87. The zero-order valence-corrected chi connectivity index (χ0v) is 16.7. The van der Waals surface area contributed by atoms with E-state index in [1.165, 1.54) is 16.8 Å². The van der Waals surface area contributed by atoms with Gasteiger partial charge in [0.2, 0.25) is 15.9 Å². The van der Waals surface area contributed by atoms with Crippen molar-refractivity contribution in [3.8, 4) is 0 Å². The molecule has 146 valence electrons. The van der Waals surface area contributed by atoms with Crippen LogP contribution in [0, 0.1) is 5.92 Å². The van der Waals surface area contributed by atoms with E-state index in [9.17, 15) is 13.2 Å². The number of thiazole rings is 1. The molecule has 0 bridgehead atoms. The van der Waals surface area contributed by atoms with Crippen LogP contribution < -0.4 is 15.4 Å². The smallest absolute Gasteiger partial charge is 0.238 e. The standard InChI is InChI=1S/C19H20N4O3S2/c20-28(25,26)15-7-5-14(6-8-15)21-18(24)13-9-11-23(12-10-13)19-22-16-3-1-2-4-17(16)27-19/h1-8,13H,9-12H2,(H,21,24)(H2,20,25,26). The van der Waals surface area contributed by atoms with Crippen molar-refractivity contribution in [3.05, 3.63) is 48.5 Å². The highest BCUT2D eigenvalue weighted by atomic mass is 32.2. The van der Waals surface area contributed by atoms with Crippen molar-refractivity contribution in [1.29, 1.82) is 0 Å². The van der Waals surface area contributed by atoms with E-state index in [-0.39, 0.29) is 16.7 Å². The number of nitrogens with two attached hydrogens (primary N) is 1. The number of sulfonamides is 1. The molecule has 2 aromatic carbocycles.